The molecule has 10 heteroatoms. The number of benzene rings is 4. The second-order valence-electron chi connectivity index (χ2n) is 11.3. The number of nitrogens with zero attached hydrogens (tertiary/aromatic N) is 5. The first kappa shape index (κ1) is 31.3. The van der Waals surface area contributed by atoms with E-state index in [0.717, 1.165) is 49.2 Å². The van der Waals surface area contributed by atoms with Crippen LogP contribution in [0.1, 0.15) is 35.1 Å². The minimum absolute atomic E-state index is 0.293. The Morgan fingerprint density at radius 2 is 1.61 bits per heavy atom. The van der Waals surface area contributed by atoms with Gasteiger partial charge in [-0.3, -0.25) is 0 Å². The number of piperidine rings is 1. The Hall–Kier alpha value is -4.66. The first-order chi connectivity index (χ1) is 22.5. The van der Waals surface area contributed by atoms with Crippen LogP contribution in [0.5, 0.6) is 5.75 Å². The molecule has 8 nitrogen and oxygen atoms in total. The minimum atomic E-state index is 0.293. The monoisotopic (exact) mass is 651 g/mol. The van der Waals surface area contributed by atoms with Gasteiger partial charge >= 0.3 is 0 Å². The van der Waals surface area contributed by atoms with Crippen LogP contribution >= 0.6 is 23.2 Å². The Morgan fingerprint density at radius 3 is 2.39 bits per heavy atom. The van der Waals surface area contributed by atoms with Gasteiger partial charge in [-0.1, -0.05) is 89.4 Å². The number of halogens is 2. The third kappa shape index (κ3) is 8.53. The molecule has 1 aliphatic rings. The number of hydrazone groups is 1. The van der Waals surface area contributed by atoms with E-state index in [1.807, 2.05) is 54.6 Å². The summed E-state index contributed by atoms with van der Waals surface area (Å²) in [4.78, 5) is 16.4. The molecule has 2 N–H and O–H groups in total. The van der Waals surface area contributed by atoms with Crippen LogP contribution in [0.3, 0.4) is 0 Å². The van der Waals surface area contributed by atoms with E-state index in [-0.39, 0.29) is 0 Å². The molecule has 0 amide bonds. The molecule has 4 aromatic carbocycles. The third-order valence-electron chi connectivity index (χ3n) is 7.88. The van der Waals surface area contributed by atoms with Crippen LogP contribution in [0.15, 0.2) is 102 Å². The molecule has 0 unspecified atom stereocenters. The van der Waals surface area contributed by atoms with Crippen molar-refractivity contribution in [3.63, 3.8) is 0 Å². The van der Waals surface area contributed by atoms with E-state index in [1.54, 1.807) is 18.3 Å². The highest BCUT2D eigenvalue weighted by Crippen LogP contribution is 2.27. The first-order valence-electron chi connectivity index (χ1n) is 15.3. The van der Waals surface area contributed by atoms with Crippen molar-refractivity contribution in [2.75, 3.05) is 28.7 Å². The average Bonchev–Trinajstić information content (AvgIpc) is 3.07. The lowest BCUT2D eigenvalue weighted by Crippen LogP contribution is -2.35. The van der Waals surface area contributed by atoms with Crippen molar-refractivity contribution in [2.45, 2.75) is 32.8 Å². The second-order valence-corrected chi connectivity index (χ2v) is 12.2. The van der Waals surface area contributed by atoms with Crippen LogP contribution < -0.4 is 20.4 Å². The molecule has 46 heavy (non-hydrogen) atoms. The summed E-state index contributed by atoms with van der Waals surface area (Å²) >= 11 is 12.4. The molecule has 234 valence electrons. The van der Waals surface area contributed by atoms with Crippen LogP contribution in [0.25, 0.3) is 0 Å². The maximum absolute atomic E-state index is 6.34. The summed E-state index contributed by atoms with van der Waals surface area (Å²) in [6, 6.07) is 31.8. The van der Waals surface area contributed by atoms with Crippen molar-refractivity contribution in [1.82, 2.24) is 15.0 Å². The van der Waals surface area contributed by atoms with Gasteiger partial charge in [-0.2, -0.15) is 20.1 Å². The molecular formula is C36H35Cl2N7O. The topological polar surface area (TPSA) is 87.6 Å². The normalized spacial score (nSPS) is 13.6. The molecular weight excluding hydrogens is 617 g/mol. The summed E-state index contributed by atoms with van der Waals surface area (Å²) in [6.45, 7) is 4.09. The van der Waals surface area contributed by atoms with Crippen LogP contribution in [0.4, 0.5) is 23.5 Å². The van der Waals surface area contributed by atoms with Crippen molar-refractivity contribution in [3.8, 4) is 5.75 Å². The van der Waals surface area contributed by atoms with Crippen molar-refractivity contribution < 1.29 is 4.74 Å². The Labute approximate surface area is 279 Å². The fourth-order valence-corrected chi connectivity index (χ4v) is 5.80. The number of aryl methyl sites for hydroxylation is 1. The van der Waals surface area contributed by atoms with Crippen LogP contribution in [-0.4, -0.2) is 34.3 Å². The lowest BCUT2D eigenvalue weighted by molar-refractivity contribution is 0.306. The zero-order chi connectivity index (χ0) is 31.7. The summed E-state index contributed by atoms with van der Waals surface area (Å²) in [5.74, 6) is 2.69. The number of ether oxygens (including phenoxy) is 1. The quantitative estimate of drug-likeness (QED) is 0.109. The smallest absolute Gasteiger partial charge is 0.250 e. The van der Waals surface area contributed by atoms with E-state index in [1.165, 1.54) is 11.1 Å². The molecule has 5 aromatic rings. The van der Waals surface area contributed by atoms with Gasteiger partial charge in [0.25, 0.3) is 0 Å². The average molecular weight is 653 g/mol. The summed E-state index contributed by atoms with van der Waals surface area (Å²) in [5.41, 5.74) is 8.10. The number of aromatic nitrogens is 3. The van der Waals surface area contributed by atoms with Gasteiger partial charge in [0.2, 0.25) is 17.8 Å². The van der Waals surface area contributed by atoms with Gasteiger partial charge in [-0.25, -0.2) is 5.43 Å². The van der Waals surface area contributed by atoms with E-state index in [4.69, 9.17) is 37.9 Å². The number of rotatable bonds is 11. The molecule has 1 saturated heterocycles. The molecule has 0 aliphatic carbocycles. The van der Waals surface area contributed by atoms with Gasteiger partial charge in [0.05, 0.1) is 6.21 Å². The third-order valence-corrected chi connectivity index (χ3v) is 8.47. The van der Waals surface area contributed by atoms with Crippen LogP contribution in [0, 0.1) is 12.8 Å². The minimum Gasteiger partial charge on any atom is -0.488 e. The molecule has 1 aliphatic heterocycles. The Balaban J connectivity index is 1.16. The fraction of sp³-hybridized carbons (Fsp3) is 0.222. The maximum Gasteiger partial charge on any atom is 0.250 e. The summed E-state index contributed by atoms with van der Waals surface area (Å²) < 4.78 is 6.08. The van der Waals surface area contributed by atoms with E-state index in [9.17, 15) is 0 Å². The molecule has 1 aromatic heterocycles. The Kier molecular flexibility index (Phi) is 10.3. The predicted molar refractivity (Wildman–Crippen MR) is 188 cm³/mol. The fourth-order valence-electron chi connectivity index (χ4n) is 5.34. The second kappa shape index (κ2) is 15.1. The van der Waals surface area contributed by atoms with E-state index >= 15 is 0 Å². The Bertz CT molecular complexity index is 1780. The van der Waals surface area contributed by atoms with E-state index < -0.39 is 0 Å². The van der Waals surface area contributed by atoms with Gasteiger partial charge in [-0.15, -0.1) is 0 Å². The summed E-state index contributed by atoms with van der Waals surface area (Å²) in [6.07, 6.45) is 4.91. The molecule has 0 atom stereocenters. The van der Waals surface area contributed by atoms with Gasteiger partial charge < -0.3 is 15.0 Å². The maximum atomic E-state index is 6.34. The molecule has 1 fully saturated rings. The lowest BCUT2D eigenvalue weighted by Gasteiger charge is -2.32. The largest absolute Gasteiger partial charge is 0.488 e. The number of nitrogens with one attached hydrogen (secondary N) is 2. The highest BCUT2D eigenvalue weighted by Gasteiger charge is 2.22. The van der Waals surface area contributed by atoms with Gasteiger partial charge in [-0.05, 0) is 74.1 Å². The van der Waals surface area contributed by atoms with Crippen molar-refractivity contribution in [3.05, 3.63) is 129 Å². The summed E-state index contributed by atoms with van der Waals surface area (Å²) in [7, 11) is 0. The van der Waals surface area contributed by atoms with Crippen molar-refractivity contribution in [1.29, 1.82) is 0 Å². The first-order valence-corrected chi connectivity index (χ1v) is 16.1. The number of para-hydroxylation sites is 1. The number of hydrogen-bond acceptors (Lipinski definition) is 8. The molecule has 6 rings (SSSR count). The highest BCUT2D eigenvalue weighted by molar-refractivity contribution is 6.35. The number of hydrogen-bond donors (Lipinski definition) is 2. The molecule has 0 radical (unpaired) electrons. The zero-order valence-electron chi connectivity index (χ0n) is 25.5. The van der Waals surface area contributed by atoms with E-state index in [2.05, 4.69) is 63.0 Å². The lowest BCUT2D eigenvalue weighted by atomic mass is 9.90. The zero-order valence-corrected chi connectivity index (χ0v) is 27.0. The number of anilines is 4. The highest BCUT2D eigenvalue weighted by atomic mass is 35.5. The molecule has 0 bridgehead atoms. The van der Waals surface area contributed by atoms with Gasteiger partial charge in [0, 0.05) is 39.9 Å². The Morgan fingerprint density at radius 1 is 0.870 bits per heavy atom. The van der Waals surface area contributed by atoms with Crippen molar-refractivity contribution >= 4 is 52.9 Å². The van der Waals surface area contributed by atoms with Gasteiger partial charge in [0.15, 0.2) is 0 Å². The molecule has 2 heterocycles. The van der Waals surface area contributed by atoms with Gasteiger partial charge in [0.1, 0.15) is 12.4 Å². The standard InChI is InChI=1S/C36H35Cl2N7O/c1-25-11-15-31(16-12-25)40-34-41-35(43-36(42-34)45-19-17-27(18-20-45)21-26-7-3-2-4-8-26)44-39-23-28-9-5-6-10-33(28)46-24-29-13-14-30(37)22-32(29)38/h2-16,22-23,27H,17-21,24H2,1H3,(H2,40,41,42,43,44). The van der Waals surface area contributed by atoms with E-state index in [0.29, 0.717) is 46.2 Å². The SMILES string of the molecule is Cc1ccc(Nc2nc(NN=Cc3ccccc3OCc3ccc(Cl)cc3Cl)nc(N3CCC(Cc4ccccc4)CC3)n2)cc1. The molecule has 0 saturated carbocycles. The van der Waals surface area contributed by atoms with Crippen molar-refractivity contribution in [2.24, 2.45) is 11.0 Å². The summed E-state index contributed by atoms with van der Waals surface area (Å²) in [5, 5.41) is 8.93. The van der Waals surface area contributed by atoms with Crippen LogP contribution in [0.2, 0.25) is 10.0 Å². The van der Waals surface area contributed by atoms with Crippen LogP contribution in [-0.2, 0) is 13.0 Å². The molecule has 0 spiro atoms. The predicted octanol–water partition coefficient (Wildman–Crippen LogP) is 8.71.